The molecule has 0 bridgehead atoms. The van der Waals surface area contributed by atoms with E-state index in [0.717, 1.165) is 32.0 Å². The molecule has 2 heterocycles. The minimum Gasteiger partial charge on any atom is -0.374 e. The van der Waals surface area contributed by atoms with Crippen molar-refractivity contribution in [2.75, 3.05) is 26.2 Å². The molecule has 0 aromatic carbocycles. The Labute approximate surface area is 97.7 Å². The third-order valence-electron chi connectivity index (χ3n) is 3.37. The Morgan fingerprint density at radius 3 is 2.38 bits per heavy atom. The van der Waals surface area contributed by atoms with Crippen molar-refractivity contribution < 1.29 is 4.84 Å². The zero-order valence-corrected chi connectivity index (χ0v) is 9.54. The number of nitrogens with zero attached hydrogens (tertiary/aromatic N) is 2. The first-order valence-corrected chi connectivity index (χ1v) is 5.98. The number of piperidine rings is 1. The Morgan fingerprint density at radius 1 is 1.06 bits per heavy atom. The molecule has 0 amide bonds. The van der Waals surface area contributed by atoms with Crippen molar-refractivity contribution in [3.63, 3.8) is 0 Å². The highest BCUT2D eigenvalue weighted by Gasteiger charge is 2.26. The minimum atomic E-state index is 0.740. The van der Waals surface area contributed by atoms with Crippen LogP contribution in [0.15, 0.2) is 0 Å². The normalized spacial score (nSPS) is 23.4. The monoisotopic (exact) mass is 217 g/mol. The summed E-state index contributed by atoms with van der Waals surface area (Å²) in [6, 6.07) is 0.740. The first kappa shape index (κ1) is 11.3. The van der Waals surface area contributed by atoms with E-state index in [4.69, 9.17) is 11.3 Å². The molecular weight excluding hydrogens is 200 g/mol. The van der Waals surface area contributed by atoms with Crippen LogP contribution in [-0.4, -0.2) is 42.2 Å². The van der Waals surface area contributed by atoms with Gasteiger partial charge in [0.15, 0.2) is 0 Å². The molecule has 0 spiro atoms. The predicted molar refractivity (Wildman–Crippen MR) is 61.4 cm³/mol. The van der Waals surface area contributed by atoms with Crippen LogP contribution in [0.4, 0.5) is 0 Å². The molecule has 0 aliphatic carbocycles. The number of hydroxylamine groups is 2. The van der Waals surface area contributed by atoms with E-state index >= 15 is 0 Å². The van der Waals surface area contributed by atoms with Crippen LogP contribution >= 0.6 is 0 Å². The van der Waals surface area contributed by atoms with Crippen LogP contribution in [0.25, 0.3) is 0 Å². The predicted octanol–water partition coefficient (Wildman–Crippen LogP) is 1.03. The van der Waals surface area contributed by atoms with Gasteiger partial charge in [0, 0.05) is 25.2 Å². The summed E-state index contributed by atoms with van der Waals surface area (Å²) in [4.78, 5) is 7.81. The highest BCUT2D eigenvalue weighted by Crippen LogP contribution is 2.20. The molecule has 2 aliphatic rings. The number of rotatable bonds is 2. The average molecular weight is 217 g/mol. The molecule has 2 saturated heterocycles. The quantitative estimate of drug-likeness (QED) is 0.507. The highest BCUT2D eigenvalue weighted by atomic mass is 16.7. The maximum absolute atomic E-state index is 6.64. The fraction of sp³-hybridized carbons (Fsp3) is 0.692. The lowest BCUT2D eigenvalue weighted by atomic mass is 10.1. The third-order valence-corrected chi connectivity index (χ3v) is 3.37. The van der Waals surface area contributed by atoms with Crippen LogP contribution in [0.1, 0.15) is 25.7 Å². The van der Waals surface area contributed by atoms with Gasteiger partial charge in [-0.1, -0.05) is 0 Å². The van der Waals surface area contributed by atoms with Gasteiger partial charge in [-0.3, -0.25) is 5.92 Å². The van der Waals surface area contributed by atoms with E-state index in [9.17, 15) is 0 Å². The maximum Gasteiger partial charge on any atom is 0.0371 e. The van der Waals surface area contributed by atoms with Gasteiger partial charge in [-0.15, -0.1) is 5.06 Å². The van der Waals surface area contributed by atoms with E-state index in [1.807, 2.05) is 11.0 Å². The van der Waals surface area contributed by atoms with Gasteiger partial charge in [0.2, 0.25) is 0 Å². The summed E-state index contributed by atoms with van der Waals surface area (Å²) in [5.41, 5.74) is 0. The standard InChI is InChI=1S/C13H17N2O/c1-2-3-12-16-15-10-6-13(7-11-15)14-8-4-5-9-14/h13H,4-11H2/q-1. The van der Waals surface area contributed by atoms with Crippen molar-refractivity contribution in [3.8, 4) is 17.9 Å². The molecule has 3 nitrogen and oxygen atoms in total. The zero-order valence-electron chi connectivity index (χ0n) is 9.54. The van der Waals surface area contributed by atoms with E-state index in [-0.39, 0.29) is 0 Å². The first-order chi connectivity index (χ1) is 7.90. The second-order valence-corrected chi connectivity index (χ2v) is 4.35. The Balaban J connectivity index is 1.72. The Bertz CT molecular complexity index is 309. The first-order valence-electron chi connectivity index (χ1n) is 5.98. The highest BCUT2D eigenvalue weighted by molar-refractivity contribution is 5.15. The summed E-state index contributed by atoms with van der Waals surface area (Å²) in [6.45, 7) is 4.42. The summed E-state index contributed by atoms with van der Waals surface area (Å²) < 4.78 is 0. The van der Waals surface area contributed by atoms with Gasteiger partial charge >= 0.3 is 0 Å². The van der Waals surface area contributed by atoms with Gasteiger partial charge in [-0.2, -0.15) is 0 Å². The number of hydrogen-bond donors (Lipinski definition) is 0. The fourth-order valence-corrected chi connectivity index (χ4v) is 2.52. The van der Waals surface area contributed by atoms with E-state index < -0.39 is 0 Å². The second-order valence-electron chi connectivity index (χ2n) is 4.35. The number of likely N-dealkylation sites (tertiary alicyclic amines) is 1. The molecule has 0 radical (unpaired) electrons. The molecule has 0 aromatic rings. The van der Waals surface area contributed by atoms with E-state index in [0.29, 0.717) is 0 Å². The SMILES string of the molecule is [C-]#CC#CON1CCC(N2CCCC2)CC1. The lowest BCUT2D eigenvalue weighted by Gasteiger charge is -2.34. The second kappa shape index (κ2) is 5.80. The zero-order chi connectivity index (χ0) is 11.2. The van der Waals surface area contributed by atoms with Crippen molar-refractivity contribution in [2.45, 2.75) is 31.7 Å². The molecule has 2 aliphatic heterocycles. The summed E-state index contributed by atoms with van der Waals surface area (Å²) >= 11 is 0. The van der Waals surface area contributed by atoms with Crippen LogP contribution in [0, 0.1) is 24.4 Å². The molecule has 2 fully saturated rings. The molecule has 2 rings (SSSR count). The molecule has 86 valence electrons. The molecule has 16 heavy (non-hydrogen) atoms. The van der Waals surface area contributed by atoms with Gasteiger partial charge in [-0.25, -0.2) is 5.92 Å². The largest absolute Gasteiger partial charge is 0.374 e. The minimum absolute atomic E-state index is 0.740. The lowest BCUT2D eigenvalue weighted by molar-refractivity contribution is -0.112. The Hall–Kier alpha value is -1.16. The summed E-state index contributed by atoms with van der Waals surface area (Å²) in [5.74, 6) is 4.34. The van der Waals surface area contributed by atoms with E-state index in [1.165, 1.54) is 25.9 Å². The van der Waals surface area contributed by atoms with Gasteiger partial charge in [0.1, 0.15) is 0 Å². The van der Waals surface area contributed by atoms with Gasteiger partial charge in [-0.05, 0) is 38.8 Å². The Morgan fingerprint density at radius 2 is 1.75 bits per heavy atom. The van der Waals surface area contributed by atoms with Gasteiger partial charge in [0.05, 0.1) is 0 Å². The fourth-order valence-electron chi connectivity index (χ4n) is 2.52. The molecule has 0 atom stereocenters. The molecule has 0 saturated carbocycles. The van der Waals surface area contributed by atoms with Crippen molar-refractivity contribution in [1.82, 2.24) is 9.96 Å². The molecular formula is C13H17N2O-. The molecule has 0 unspecified atom stereocenters. The van der Waals surface area contributed by atoms with Crippen molar-refractivity contribution in [3.05, 3.63) is 6.42 Å². The lowest BCUT2D eigenvalue weighted by Crippen LogP contribution is -2.43. The van der Waals surface area contributed by atoms with Crippen molar-refractivity contribution >= 4 is 0 Å². The number of hydrogen-bond acceptors (Lipinski definition) is 3. The third kappa shape index (κ3) is 2.92. The van der Waals surface area contributed by atoms with E-state index in [1.54, 1.807) is 0 Å². The average Bonchev–Trinajstić information content (AvgIpc) is 2.84. The van der Waals surface area contributed by atoms with Crippen LogP contribution < -0.4 is 0 Å². The smallest absolute Gasteiger partial charge is 0.0371 e. The topological polar surface area (TPSA) is 15.7 Å². The van der Waals surface area contributed by atoms with E-state index in [2.05, 4.69) is 16.9 Å². The summed E-state index contributed by atoms with van der Waals surface area (Å²) in [7, 11) is 0. The molecule has 3 heteroatoms. The van der Waals surface area contributed by atoms with Gasteiger partial charge < -0.3 is 16.2 Å². The van der Waals surface area contributed by atoms with Gasteiger partial charge in [0.25, 0.3) is 0 Å². The molecule has 0 N–H and O–H groups in total. The van der Waals surface area contributed by atoms with Crippen LogP contribution in [0.2, 0.25) is 0 Å². The maximum atomic E-state index is 6.64. The summed E-state index contributed by atoms with van der Waals surface area (Å²) in [6.07, 6.45) is 14.1. The summed E-state index contributed by atoms with van der Waals surface area (Å²) in [5, 5.41) is 1.89. The van der Waals surface area contributed by atoms with Crippen LogP contribution in [-0.2, 0) is 4.84 Å². The van der Waals surface area contributed by atoms with Crippen LogP contribution in [0.3, 0.4) is 0 Å². The van der Waals surface area contributed by atoms with Crippen molar-refractivity contribution in [1.29, 1.82) is 0 Å². The Kier molecular flexibility index (Phi) is 4.10. The van der Waals surface area contributed by atoms with Crippen LogP contribution in [0.5, 0.6) is 0 Å². The molecule has 0 aromatic heterocycles. The van der Waals surface area contributed by atoms with Crippen molar-refractivity contribution in [2.24, 2.45) is 0 Å².